The maximum Gasteiger partial charge on any atom is 0.0521 e. The van der Waals surface area contributed by atoms with E-state index in [1.165, 1.54) is 6.42 Å². The molecule has 3 heteroatoms. The van der Waals surface area contributed by atoms with Crippen LogP contribution in [0.1, 0.15) is 27.2 Å². The third-order valence-electron chi connectivity index (χ3n) is 1.89. The lowest BCUT2D eigenvalue weighted by molar-refractivity contribution is 0.322. The Morgan fingerprint density at radius 3 is 2.58 bits per heavy atom. The Kier molecular flexibility index (Phi) is 8.07. The van der Waals surface area contributed by atoms with Gasteiger partial charge in [0.05, 0.1) is 6.61 Å². The van der Waals surface area contributed by atoms with E-state index in [2.05, 4.69) is 26.1 Å². The molecule has 0 amide bonds. The minimum atomic E-state index is 0.287. The second-order valence-corrected chi connectivity index (χ2v) is 4.53. The van der Waals surface area contributed by atoms with E-state index in [4.69, 9.17) is 5.11 Å². The fourth-order valence-electron chi connectivity index (χ4n) is 0.921. The second-order valence-electron chi connectivity index (χ2n) is 3.04. The second kappa shape index (κ2) is 7.90. The van der Waals surface area contributed by atoms with E-state index in [0.29, 0.717) is 11.3 Å². The van der Waals surface area contributed by atoms with Crippen LogP contribution in [0.25, 0.3) is 0 Å². The smallest absolute Gasteiger partial charge is 0.0521 e. The highest BCUT2D eigenvalue weighted by Crippen LogP contribution is 2.13. The molecule has 0 aliphatic carbocycles. The van der Waals surface area contributed by atoms with E-state index in [1.807, 2.05) is 11.8 Å². The molecule has 0 aliphatic heterocycles. The summed E-state index contributed by atoms with van der Waals surface area (Å²) in [6.07, 6.45) is 1.18. The van der Waals surface area contributed by atoms with Gasteiger partial charge in [-0.05, 0) is 19.9 Å². The van der Waals surface area contributed by atoms with Crippen molar-refractivity contribution in [2.24, 2.45) is 0 Å². The minimum absolute atomic E-state index is 0.287. The molecule has 0 bridgehead atoms. The molecule has 0 radical (unpaired) electrons. The molecule has 0 saturated carbocycles. The number of hydrogen-bond donors (Lipinski definition) is 2. The number of hydrogen-bond acceptors (Lipinski definition) is 3. The molecule has 0 aromatic carbocycles. The molecule has 0 aromatic heterocycles. The van der Waals surface area contributed by atoms with Gasteiger partial charge in [-0.1, -0.05) is 13.8 Å². The first-order valence-electron chi connectivity index (χ1n) is 4.68. The Morgan fingerprint density at radius 2 is 2.08 bits per heavy atom. The molecule has 0 heterocycles. The summed E-state index contributed by atoms with van der Waals surface area (Å²) >= 11 is 1.82. The fourth-order valence-corrected chi connectivity index (χ4v) is 1.78. The molecule has 2 N–H and O–H groups in total. The minimum Gasteiger partial charge on any atom is -0.396 e. The number of thioether (sulfide) groups is 1. The average molecular weight is 191 g/mol. The van der Waals surface area contributed by atoms with Crippen LogP contribution in [0.5, 0.6) is 0 Å². The van der Waals surface area contributed by atoms with Crippen molar-refractivity contribution in [3.05, 3.63) is 0 Å². The van der Waals surface area contributed by atoms with Crippen molar-refractivity contribution in [2.45, 2.75) is 38.5 Å². The lowest BCUT2D eigenvalue weighted by Gasteiger charge is -2.20. The van der Waals surface area contributed by atoms with Gasteiger partial charge in [0.2, 0.25) is 0 Å². The molecular formula is C9H21NOS. The quantitative estimate of drug-likeness (QED) is 0.639. The van der Waals surface area contributed by atoms with Crippen LogP contribution in [0.3, 0.4) is 0 Å². The third kappa shape index (κ3) is 5.86. The maximum atomic E-state index is 8.63. The van der Waals surface area contributed by atoms with Crippen LogP contribution in [-0.2, 0) is 0 Å². The first-order valence-corrected chi connectivity index (χ1v) is 5.73. The Hall–Kier alpha value is 0.270. The van der Waals surface area contributed by atoms with Crippen LogP contribution < -0.4 is 5.32 Å². The van der Waals surface area contributed by atoms with E-state index in [0.717, 1.165) is 12.3 Å². The van der Waals surface area contributed by atoms with Crippen molar-refractivity contribution in [1.29, 1.82) is 0 Å². The SMILES string of the molecule is CCCNC(C)C(C)SCCO. The molecule has 0 spiro atoms. The van der Waals surface area contributed by atoms with Crippen molar-refractivity contribution >= 4 is 11.8 Å². The fraction of sp³-hybridized carbons (Fsp3) is 1.00. The molecule has 0 aromatic rings. The number of nitrogens with one attached hydrogen (secondary N) is 1. The van der Waals surface area contributed by atoms with Gasteiger partial charge in [-0.3, -0.25) is 0 Å². The van der Waals surface area contributed by atoms with E-state index in [-0.39, 0.29) is 6.61 Å². The van der Waals surface area contributed by atoms with E-state index in [1.54, 1.807) is 0 Å². The molecule has 12 heavy (non-hydrogen) atoms. The summed E-state index contributed by atoms with van der Waals surface area (Å²) in [5.74, 6) is 0.847. The van der Waals surface area contributed by atoms with Crippen molar-refractivity contribution in [1.82, 2.24) is 5.32 Å². The Morgan fingerprint density at radius 1 is 1.42 bits per heavy atom. The van der Waals surface area contributed by atoms with Crippen LogP contribution in [0.2, 0.25) is 0 Å². The van der Waals surface area contributed by atoms with Gasteiger partial charge in [-0.25, -0.2) is 0 Å². The summed E-state index contributed by atoms with van der Waals surface area (Å²) < 4.78 is 0. The van der Waals surface area contributed by atoms with E-state index >= 15 is 0 Å². The van der Waals surface area contributed by atoms with E-state index < -0.39 is 0 Å². The average Bonchev–Trinajstić information content (AvgIpc) is 2.10. The van der Waals surface area contributed by atoms with E-state index in [9.17, 15) is 0 Å². The molecule has 0 aliphatic rings. The molecule has 0 rings (SSSR count). The van der Waals surface area contributed by atoms with Gasteiger partial charge in [0.25, 0.3) is 0 Å². The summed E-state index contributed by atoms with van der Waals surface area (Å²) in [6, 6.07) is 0.543. The normalized spacial score (nSPS) is 16.0. The Balaban J connectivity index is 3.39. The Bertz CT molecular complexity index is 88.5. The topological polar surface area (TPSA) is 32.3 Å². The van der Waals surface area contributed by atoms with Gasteiger partial charge in [0, 0.05) is 17.0 Å². The zero-order chi connectivity index (χ0) is 9.40. The highest BCUT2D eigenvalue weighted by atomic mass is 32.2. The molecular weight excluding hydrogens is 170 g/mol. The van der Waals surface area contributed by atoms with Gasteiger partial charge in [-0.2, -0.15) is 11.8 Å². The number of rotatable bonds is 7. The number of aliphatic hydroxyl groups is 1. The Labute approximate surface area is 80.1 Å². The third-order valence-corrected chi connectivity index (χ3v) is 3.24. The largest absolute Gasteiger partial charge is 0.396 e. The first kappa shape index (κ1) is 12.3. The standard InChI is InChI=1S/C9H21NOS/c1-4-5-10-8(2)9(3)12-7-6-11/h8-11H,4-7H2,1-3H3. The lowest BCUT2D eigenvalue weighted by Crippen LogP contribution is -2.34. The van der Waals surface area contributed by atoms with Crippen molar-refractivity contribution in [3.63, 3.8) is 0 Å². The van der Waals surface area contributed by atoms with Crippen molar-refractivity contribution in [2.75, 3.05) is 18.9 Å². The molecule has 74 valence electrons. The molecule has 2 nitrogen and oxygen atoms in total. The maximum absolute atomic E-state index is 8.63. The van der Waals surface area contributed by atoms with Crippen molar-refractivity contribution < 1.29 is 5.11 Å². The lowest BCUT2D eigenvalue weighted by atomic mass is 10.2. The molecule has 0 fully saturated rings. The summed E-state index contributed by atoms with van der Waals surface area (Å²) in [5.41, 5.74) is 0. The molecule has 0 saturated heterocycles. The van der Waals surface area contributed by atoms with Gasteiger partial charge in [0.15, 0.2) is 0 Å². The van der Waals surface area contributed by atoms with Gasteiger partial charge >= 0.3 is 0 Å². The summed E-state index contributed by atoms with van der Waals surface area (Å²) in [4.78, 5) is 0. The van der Waals surface area contributed by atoms with Crippen molar-refractivity contribution in [3.8, 4) is 0 Å². The first-order chi connectivity index (χ1) is 5.72. The summed E-state index contributed by atoms with van der Waals surface area (Å²) in [6.45, 7) is 7.95. The van der Waals surface area contributed by atoms with Crippen LogP contribution in [-0.4, -0.2) is 35.3 Å². The van der Waals surface area contributed by atoms with Gasteiger partial charge in [-0.15, -0.1) is 0 Å². The molecule has 2 unspecified atom stereocenters. The van der Waals surface area contributed by atoms with Crippen LogP contribution in [0, 0.1) is 0 Å². The predicted molar refractivity (Wildman–Crippen MR) is 56.8 cm³/mol. The predicted octanol–water partition coefficient (Wildman–Crippen LogP) is 1.49. The monoisotopic (exact) mass is 191 g/mol. The zero-order valence-corrected chi connectivity index (χ0v) is 9.16. The highest BCUT2D eigenvalue weighted by molar-refractivity contribution is 7.99. The zero-order valence-electron chi connectivity index (χ0n) is 8.34. The van der Waals surface area contributed by atoms with Gasteiger partial charge < -0.3 is 10.4 Å². The number of aliphatic hydroxyl groups excluding tert-OH is 1. The van der Waals surface area contributed by atoms with Crippen LogP contribution in [0.15, 0.2) is 0 Å². The van der Waals surface area contributed by atoms with Crippen LogP contribution in [0.4, 0.5) is 0 Å². The molecule has 2 atom stereocenters. The highest BCUT2D eigenvalue weighted by Gasteiger charge is 2.10. The van der Waals surface area contributed by atoms with Gasteiger partial charge in [0.1, 0.15) is 0 Å². The summed E-state index contributed by atoms with van der Waals surface area (Å²) in [5, 5.41) is 12.7. The summed E-state index contributed by atoms with van der Waals surface area (Å²) in [7, 11) is 0. The van der Waals surface area contributed by atoms with Crippen LogP contribution >= 0.6 is 11.8 Å².